The molecule has 0 fully saturated rings. The van der Waals surface area contributed by atoms with Gasteiger partial charge in [-0.05, 0) is 19.0 Å². The number of carbonyl (C=O) groups is 1. The zero-order valence-electron chi connectivity index (χ0n) is 9.64. The quantitative estimate of drug-likeness (QED) is 0.469. The highest BCUT2D eigenvalue weighted by Crippen LogP contribution is 2.15. The van der Waals surface area contributed by atoms with Gasteiger partial charge in [-0.2, -0.15) is 0 Å². The molecule has 2 rings (SSSR count). The first-order valence-electron chi connectivity index (χ1n) is 5.58. The first-order chi connectivity index (χ1) is 8.66. The normalized spacial score (nSPS) is 15.0. The van der Waals surface area contributed by atoms with Crippen molar-refractivity contribution in [3.63, 3.8) is 0 Å². The van der Waals surface area contributed by atoms with Crippen LogP contribution >= 0.6 is 0 Å². The van der Waals surface area contributed by atoms with E-state index < -0.39 is 16.7 Å². The summed E-state index contributed by atoms with van der Waals surface area (Å²) in [5.41, 5.74) is 1.14. The molecule has 0 bridgehead atoms. The van der Waals surface area contributed by atoms with Crippen LogP contribution in [-0.2, 0) is 0 Å². The van der Waals surface area contributed by atoms with Crippen LogP contribution in [0.15, 0.2) is 28.2 Å². The summed E-state index contributed by atoms with van der Waals surface area (Å²) in [7, 11) is 0. The van der Waals surface area contributed by atoms with Crippen molar-refractivity contribution in [1.29, 1.82) is 0 Å². The summed E-state index contributed by atoms with van der Waals surface area (Å²) >= 11 is 0. The third kappa shape index (κ3) is 2.95. The number of amides is 1. The van der Waals surface area contributed by atoms with Crippen molar-refractivity contribution in [2.75, 3.05) is 19.6 Å². The predicted octanol–water partition coefficient (Wildman–Crippen LogP) is 0.837. The maximum Gasteiger partial charge on any atom is 0.433 e. The zero-order chi connectivity index (χ0) is 13.0. The number of nitrogens with one attached hydrogen (secondary N) is 2. The first-order valence-corrected chi connectivity index (χ1v) is 5.58. The Kier molecular flexibility index (Phi) is 3.73. The maximum atomic E-state index is 11.7. The van der Waals surface area contributed by atoms with E-state index in [1.54, 1.807) is 0 Å². The number of nitrogens with zero attached hydrogens (tertiary/aromatic N) is 1. The summed E-state index contributed by atoms with van der Waals surface area (Å²) in [5, 5.41) is 16.2. The van der Waals surface area contributed by atoms with Crippen LogP contribution in [-0.4, -0.2) is 30.5 Å². The molecule has 1 amide bonds. The molecular weight excluding hydrogens is 238 g/mol. The Balaban J connectivity index is 1.90. The van der Waals surface area contributed by atoms with E-state index in [9.17, 15) is 14.9 Å². The molecule has 2 heterocycles. The van der Waals surface area contributed by atoms with Gasteiger partial charge in [-0.1, -0.05) is 11.6 Å². The average molecular weight is 251 g/mol. The lowest BCUT2D eigenvalue weighted by Crippen LogP contribution is -2.29. The fraction of sp³-hybridized carbons (Fsp3) is 0.364. The molecule has 0 aromatic carbocycles. The van der Waals surface area contributed by atoms with Crippen LogP contribution in [0.4, 0.5) is 5.88 Å². The second-order valence-corrected chi connectivity index (χ2v) is 3.89. The number of furan rings is 1. The van der Waals surface area contributed by atoms with Crippen LogP contribution in [0, 0.1) is 10.1 Å². The van der Waals surface area contributed by atoms with E-state index in [0.29, 0.717) is 6.54 Å². The number of hydrogen-bond donors (Lipinski definition) is 2. The van der Waals surface area contributed by atoms with Gasteiger partial charge in [0.25, 0.3) is 5.91 Å². The van der Waals surface area contributed by atoms with Crippen LogP contribution in [0.3, 0.4) is 0 Å². The van der Waals surface area contributed by atoms with Crippen molar-refractivity contribution in [2.45, 2.75) is 6.42 Å². The van der Waals surface area contributed by atoms with Gasteiger partial charge in [0.2, 0.25) is 0 Å². The second-order valence-electron chi connectivity index (χ2n) is 3.89. The monoisotopic (exact) mass is 251 g/mol. The van der Waals surface area contributed by atoms with E-state index in [2.05, 4.69) is 10.6 Å². The predicted molar refractivity (Wildman–Crippen MR) is 63.3 cm³/mol. The molecular formula is C11H13N3O4. The smallest absolute Gasteiger partial charge is 0.395 e. The molecule has 96 valence electrons. The lowest BCUT2D eigenvalue weighted by atomic mass is 10.1. The summed E-state index contributed by atoms with van der Waals surface area (Å²) in [4.78, 5) is 21.4. The molecule has 0 atom stereocenters. The molecule has 0 unspecified atom stereocenters. The Morgan fingerprint density at radius 2 is 2.39 bits per heavy atom. The number of rotatable bonds is 4. The molecule has 2 N–H and O–H groups in total. The number of nitro groups is 1. The van der Waals surface area contributed by atoms with E-state index in [1.807, 2.05) is 6.08 Å². The summed E-state index contributed by atoms with van der Waals surface area (Å²) in [6.45, 7) is 2.14. The van der Waals surface area contributed by atoms with Gasteiger partial charge in [-0.3, -0.25) is 14.9 Å². The fourth-order valence-electron chi connectivity index (χ4n) is 1.66. The minimum atomic E-state index is -0.674. The number of carbonyl (C=O) groups excluding carboxylic acids is 1. The molecule has 18 heavy (non-hydrogen) atoms. The van der Waals surface area contributed by atoms with E-state index in [4.69, 9.17) is 4.42 Å². The molecule has 0 radical (unpaired) electrons. The Hall–Kier alpha value is -2.15. The average Bonchev–Trinajstić information content (AvgIpc) is 2.87. The molecule has 7 nitrogen and oxygen atoms in total. The van der Waals surface area contributed by atoms with E-state index in [0.717, 1.165) is 25.1 Å². The SMILES string of the molecule is O=C(NCC1=CCNCC1)c1ccc([N+](=O)[O-])o1. The lowest BCUT2D eigenvalue weighted by molar-refractivity contribution is -0.402. The summed E-state index contributed by atoms with van der Waals surface area (Å²) in [6.07, 6.45) is 2.91. The maximum absolute atomic E-state index is 11.7. The molecule has 0 aliphatic carbocycles. The van der Waals surface area contributed by atoms with E-state index in [1.165, 1.54) is 12.1 Å². The Labute approximate surface area is 103 Å². The Morgan fingerprint density at radius 3 is 3.00 bits per heavy atom. The van der Waals surface area contributed by atoms with Gasteiger partial charge < -0.3 is 15.1 Å². The van der Waals surface area contributed by atoms with Crippen LogP contribution in [0.1, 0.15) is 17.0 Å². The van der Waals surface area contributed by atoms with E-state index >= 15 is 0 Å². The van der Waals surface area contributed by atoms with Gasteiger partial charge in [-0.15, -0.1) is 0 Å². The number of hydrogen-bond acceptors (Lipinski definition) is 5. The van der Waals surface area contributed by atoms with Gasteiger partial charge in [-0.25, -0.2) is 0 Å². The van der Waals surface area contributed by atoms with Crippen molar-refractivity contribution in [3.8, 4) is 0 Å². The van der Waals surface area contributed by atoms with Gasteiger partial charge >= 0.3 is 5.88 Å². The fourth-order valence-corrected chi connectivity index (χ4v) is 1.66. The first kappa shape index (κ1) is 12.3. The minimum absolute atomic E-state index is 0.0452. The van der Waals surface area contributed by atoms with E-state index in [-0.39, 0.29) is 5.76 Å². The molecule has 1 aliphatic heterocycles. The van der Waals surface area contributed by atoms with Crippen molar-refractivity contribution in [3.05, 3.63) is 39.7 Å². The summed E-state index contributed by atoms with van der Waals surface area (Å²) in [6, 6.07) is 2.46. The summed E-state index contributed by atoms with van der Waals surface area (Å²) in [5.74, 6) is -0.917. The largest absolute Gasteiger partial charge is 0.433 e. The Morgan fingerprint density at radius 1 is 1.56 bits per heavy atom. The molecule has 0 spiro atoms. The van der Waals surface area contributed by atoms with Crippen molar-refractivity contribution < 1.29 is 14.1 Å². The highest BCUT2D eigenvalue weighted by atomic mass is 16.6. The van der Waals surface area contributed by atoms with Crippen LogP contribution in [0.2, 0.25) is 0 Å². The third-order valence-electron chi connectivity index (χ3n) is 2.63. The zero-order valence-corrected chi connectivity index (χ0v) is 9.64. The third-order valence-corrected chi connectivity index (χ3v) is 2.63. The molecule has 1 aliphatic rings. The molecule has 7 heteroatoms. The van der Waals surface area contributed by atoms with Crippen molar-refractivity contribution in [2.24, 2.45) is 0 Å². The van der Waals surface area contributed by atoms with Crippen LogP contribution < -0.4 is 10.6 Å². The van der Waals surface area contributed by atoms with Gasteiger partial charge in [0.05, 0.1) is 6.07 Å². The minimum Gasteiger partial charge on any atom is -0.395 e. The van der Waals surface area contributed by atoms with Gasteiger partial charge in [0, 0.05) is 13.1 Å². The lowest BCUT2D eigenvalue weighted by Gasteiger charge is -2.13. The van der Waals surface area contributed by atoms with Crippen LogP contribution in [0.25, 0.3) is 0 Å². The Bertz CT molecular complexity index is 492. The topological polar surface area (TPSA) is 97.4 Å². The van der Waals surface area contributed by atoms with Gasteiger partial charge in [0.15, 0.2) is 5.76 Å². The highest BCUT2D eigenvalue weighted by molar-refractivity contribution is 5.91. The standard InChI is InChI=1S/C11H13N3O4/c15-11(9-1-2-10(18-9)14(16)17)13-7-8-3-5-12-6-4-8/h1-3,12H,4-7H2,(H,13,15). The van der Waals surface area contributed by atoms with Crippen molar-refractivity contribution >= 4 is 11.8 Å². The molecule has 1 aromatic heterocycles. The molecule has 0 saturated carbocycles. The van der Waals surface area contributed by atoms with Crippen LogP contribution in [0.5, 0.6) is 0 Å². The second kappa shape index (κ2) is 5.46. The molecule has 1 aromatic rings. The highest BCUT2D eigenvalue weighted by Gasteiger charge is 2.17. The molecule has 0 saturated heterocycles. The summed E-state index contributed by atoms with van der Waals surface area (Å²) < 4.78 is 4.80. The van der Waals surface area contributed by atoms with Gasteiger partial charge in [0.1, 0.15) is 4.92 Å². The van der Waals surface area contributed by atoms with Crippen molar-refractivity contribution in [1.82, 2.24) is 10.6 Å².